The molecule has 0 unspecified atom stereocenters. The summed E-state index contributed by atoms with van der Waals surface area (Å²) < 4.78 is 11.0. The van der Waals surface area contributed by atoms with Gasteiger partial charge in [0.25, 0.3) is 0 Å². The lowest BCUT2D eigenvalue weighted by Crippen LogP contribution is -2.15. The van der Waals surface area contributed by atoms with Crippen molar-refractivity contribution in [3.63, 3.8) is 0 Å². The smallest absolute Gasteiger partial charge is 0.234 e. The third-order valence-corrected chi connectivity index (χ3v) is 3.80. The minimum Gasteiger partial charge on any atom is -0.494 e. The Labute approximate surface area is 146 Å². The largest absolute Gasteiger partial charge is 0.494 e. The Morgan fingerprint density at radius 1 is 1.21 bits per heavy atom. The molecule has 0 bridgehead atoms. The molecule has 0 aliphatic carbocycles. The van der Waals surface area contributed by atoms with Crippen LogP contribution in [0.15, 0.2) is 35.6 Å². The third-order valence-electron chi connectivity index (χ3n) is 2.94. The molecular formula is C17H21N3O3S. The summed E-state index contributed by atoms with van der Waals surface area (Å²) in [4.78, 5) is 20.6. The first-order valence-corrected chi connectivity index (χ1v) is 8.72. The third kappa shape index (κ3) is 5.42. The summed E-state index contributed by atoms with van der Waals surface area (Å²) >= 11 is 1.29. The molecule has 1 heterocycles. The first-order chi connectivity index (χ1) is 11.6. The molecule has 2 aromatic rings. The molecule has 7 heteroatoms. The van der Waals surface area contributed by atoms with Gasteiger partial charge in [0.2, 0.25) is 5.91 Å². The molecule has 0 saturated heterocycles. The highest BCUT2D eigenvalue weighted by molar-refractivity contribution is 7.99. The van der Waals surface area contributed by atoms with Gasteiger partial charge in [0, 0.05) is 18.0 Å². The summed E-state index contributed by atoms with van der Waals surface area (Å²) in [6.45, 7) is 6.77. The number of thioether (sulfide) groups is 1. The van der Waals surface area contributed by atoms with E-state index >= 15 is 0 Å². The number of carbonyl (C=O) groups is 1. The molecule has 0 atom stereocenters. The Morgan fingerprint density at radius 2 is 2.00 bits per heavy atom. The fraction of sp³-hybridized carbons (Fsp3) is 0.353. The number of aromatic nitrogens is 2. The van der Waals surface area contributed by atoms with E-state index in [9.17, 15) is 4.79 Å². The van der Waals surface area contributed by atoms with E-state index in [-0.39, 0.29) is 11.7 Å². The molecule has 2 rings (SSSR count). The van der Waals surface area contributed by atoms with Crippen LogP contribution in [0.5, 0.6) is 11.5 Å². The number of nitrogens with zero attached hydrogens (tertiary/aromatic N) is 2. The summed E-state index contributed by atoms with van der Waals surface area (Å²) in [7, 11) is 0. The predicted octanol–water partition coefficient (Wildman–Crippen LogP) is 3.31. The lowest BCUT2D eigenvalue weighted by atomic mass is 10.2. The molecule has 1 amide bonds. The van der Waals surface area contributed by atoms with Crippen molar-refractivity contribution in [2.45, 2.75) is 25.9 Å². The Morgan fingerprint density at radius 3 is 2.71 bits per heavy atom. The number of nitrogens with one attached hydrogen (secondary N) is 1. The van der Waals surface area contributed by atoms with Gasteiger partial charge in [0.15, 0.2) is 5.16 Å². The second kappa shape index (κ2) is 9.12. The Hall–Kier alpha value is -2.28. The molecule has 0 aliphatic heterocycles. The van der Waals surface area contributed by atoms with Crippen molar-refractivity contribution < 1.29 is 14.3 Å². The van der Waals surface area contributed by atoms with E-state index in [0.29, 0.717) is 35.6 Å². The Kier molecular flexibility index (Phi) is 6.87. The van der Waals surface area contributed by atoms with Gasteiger partial charge in [-0.1, -0.05) is 11.8 Å². The van der Waals surface area contributed by atoms with E-state index < -0.39 is 0 Å². The molecule has 0 radical (unpaired) electrons. The summed E-state index contributed by atoms with van der Waals surface area (Å²) in [5, 5.41) is 3.44. The molecule has 1 N–H and O–H groups in total. The normalized spacial score (nSPS) is 10.3. The van der Waals surface area contributed by atoms with Gasteiger partial charge >= 0.3 is 0 Å². The highest BCUT2D eigenvalue weighted by Gasteiger charge is 2.11. The molecule has 1 aromatic heterocycles. The number of hydrogen-bond acceptors (Lipinski definition) is 6. The molecule has 0 fully saturated rings. The van der Waals surface area contributed by atoms with Crippen molar-refractivity contribution in [1.29, 1.82) is 0 Å². The SMILES string of the molecule is CCOc1ccc(OCC)c(NC(=O)CSc2nccc(C)n2)c1. The maximum Gasteiger partial charge on any atom is 0.234 e. The molecule has 0 spiro atoms. The highest BCUT2D eigenvalue weighted by Crippen LogP contribution is 2.29. The van der Waals surface area contributed by atoms with Crippen LogP contribution in [-0.4, -0.2) is 34.8 Å². The van der Waals surface area contributed by atoms with Gasteiger partial charge in [-0.05, 0) is 39.0 Å². The molecule has 6 nitrogen and oxygen atoms in total. The number of benzene rings is 1. The maximum absolute atomic E-state index is 12.2. The van der Waals surface area contributed by atoms with Crippen LogP contribution in [0.3, 0.4) is 0 Å². The number of carbonyl (C=O) groups excluding carboxylic acids is 1. The number of amides is 1. The van der Waals surface area contributed by atoms with Gasteiger partial charge in [-0.3, -0.25) is 4.79 Å². The van der Waals surface area contributed by atoms with Crippen LogP contribution in [0.1, 0.15) is 19.5 Å². The fourth-order valence-electron chi connectivity index (χ4n) is 1.96. The lowest BCUT2D eigenvalue weighted by molar-refractivity contribution is -0.113. The van der Waals surface area contributed by atoms with Crippen molar-refractivity contribution in [2.24, 2.45) is 0 Å². The quantitative estimate of drug-likeness (QED) is 0.583. The van der Waals surface area contributed by atoms with Crippen LogP contribution in [-0.2, 0) is 4.79 Å². The van der Waals surface area contributed by atoms with Gasteiger partial charge in [-0.2, -0.15) is 0 Å². The lowest BCUT2D eigenvalue weighted by Gasteiger charge is -2.13. The van der Waals surface area contributed by atoms with Gasteiger partial charge in [-0.15, -0.1) is 0 Å². The monoisotopic (exact) mass is 347 g/mol. The van der Waals surface area contributed by atoms with Crippen molar-refractivity contribution in [3.05, 3.63) is 36.2 Å². The number of ether oxygens (including phenoxy) is 2. The highest BCUT2D eigenvalue weighted by atomic mass is 32.2. The average Bonchev–Trinajstić information content (AvgIpc) is 2.56. The molecule has 24 heavy (non-hydrogen) atoms. The topological polar surface area (TPSA) is 73.3 Å². The number of anilines is 1. The number of rotatable bonds is 8. The van der Waals surface area contributed by atoms with Crippen LogP contribution in [0.25, 0.3) is 0 Å². The predicted molar refractivity (Wildman–Crippen MR) is 94.9 cm³/mol. The van der Waals surface area contributed by atoms with E-state index in [1.807, 2.05) is 32.9 Å². The van der Waals surface area contributed by atoms with Crippen LogP contribution >= 0.6 is 11.8 Å². The zero-order chi connectivity index (χ0) is 17.4. The summed E-state index contributed by atoms with van der Waals surface area (Å²) in [5.74, 6) is 1.37. The summed E-state index contributed by atoms with van der Waals surface area (Å²) in [6.07, 6.45) is 1.68. The van der Waals surface area contributed by atoms with Crippen molar-refractivity contribution in [1.82, 2.24) is 9.97 Å². The Balaban J connectivity index is 2.02. The average molecular weight is 347 g/mol. The van der Waals surface area contributed by atoms with Crippen molar-refractivity contribution >= 4 is 23.4 Å². The first kappa shape index (κ1) is 18.1. The molecule has 0 aliphatic rings. The minimum absolute atomic E-state index is 0.153. The maximum atomic E-state index is 12.2. The zero-order valence-corrected chi connectivity index (χ0v) is 14.9. The van der Waals surface area contributed by atoms with Crippen LogP contribution < -0.4 is 14.8 Å². The van der Waals surface area contributed by atoms with E-state index in [1.165, 1.54) is 11.8 Å². The van der Waals surface area contributed by atoms with Gasteiger partial charge in [0.05, 0.1) is 24.7 Å². The van der Waals surface area contributed by atoms with Crippen molar-refractivity contribution in [2.75, 3.05) is 24.3 Å². The minimum atomic E-state index is -0.153. The fourth-order valence-corrected chi connectivity index (χ4v) is 2.63. The van der Waals surface area contributed by atoms with E-state index in [1.54, 1.807) is 18.3 Å². The first-order valence-electron chi connectivity index (χ1n) is 7.74. The summed E-state index contributed by atoms with van der Waals surface area (Å²) in [6, 6.07) is 7.19. The van der Waals surface area contributed by atoms with Gasteiger partial charge in [0.1, 0.15) is 11.5 Å². The van der Waals surface area contributed by atoms with Crippen LogP contribution in [0.4, 0.5) is 5.69 Å². The van der Waals surface area contributed by atoms with Gasteiger partial charge < -0.3 is 14.8 Å². The van der Waals surface area contributed by atoms with Crippen LogP contribution in [0.2, 0.25) is 0 Å². The molecule has 1 aromatic carbocycles. The number of aryl methyl sites for hydroxylation is 1. The van der Waals surface area contributed by atoms with Crippen molar-refractivity contribution in [3.8, 4) is 11.5 Å². The second-order valence-electron chi connectivity index (χ2n) is 4.84. The van der Waals surface area contributed by atoms with E-state index in [4.69, 9.17) is 9.47 Å². The zero-order valence-electron chi connectivity index (χ0n) is 14.0. The summed E-state index contributed by atoms with van der Waals surface area (Å²) in [5.41, 5.74) is 1.47. The Bertz CT molecular complexity index is 695. The van der Waals surface area contributed by atoms with Gasteiger partial charge in [-0.25, -0.2) is 9.97 Å². The number of hydrogen-bond donors (Lipinski definition) is 1. The van der Waals surface area contributed by atoms with E-state index in [0.717, 1.165) is 5.69 Å². The van der Waals surface area contributed by atoms with Crippen LogP contribution in [0, 0.1) is 6.92 Å². The molecule has 0 saturated carbocycles. The second-order valence-corrected chi connectivity index (χ2v) is 5.78. The van der Waals surface area contributed by atoms with E-state index in [2.05, 4.69) is 15.3 Å². The standard InChI is InChI=1S/C17H21N3O3S/c1-4-22-13-6-7-15(23-5-2)14(10-13)20-16(21)11-24-17-18-9-8-12(3)19-17/h6-10H,4-5,11H2,1-3H3,(H,20,21). The molecule has 128 valence electrons. The molecular weight excluding hydrogens is 326 g/mol.